The maximum absolute atomic E-state index is 12.8. The molecular weight excluding hydrogens is 295 g/mol. The topological polar surface area (TPSA) is 76.1 Å². The van der Waals surface area contributed by atoms with E-state index in [-0.39, 0.29) is 11.7 Å². The van der Waals surface area contributed by atoms with Gasteiger partial charge in [0, 0.05) is 0 Å². The van der Waals surface area contributed by atoms with E-state index in [1.165, 1.54) is 27.7 Å². The standard InChI is InChI=1S/C12H20F3NO5/c1-5-20-9(17)6-8(12(13,14)15)7-16(19)10(18)21-11(2,3)4/h8,19H,5-7H2,1-4H3. The van der Waals surface area contributed by atoms with Crippen LogP contribution < -0.4 is 0 Å². The Labute approximate surface area is 120 Å². The summed E-state index contributed by atoms with van der Waals surface area (Å²) in [5, 5.41) is 9.17. The molecular formula is C12H20F3NO5. The van der Waals surface area contributed by atoms with Gasteiger partial charge in [0.25, 0.3) is 0 Å². The number of alkyl halides is 3. The van der Waals surface area contributed by atoms with Gasteiger partial charge in [-0.15, -0.1) is 0 Å². The van der Waals surface area contributed by atoms with Crippen LogP contribution in [0.25, 0.3) is 0 Å². The molecule has 0 rings (SSSR count). The van der Waals surface area contributed by atoms with E-state index >= 15 is 0 Å². The largest absolute Gasteiger partial charge is 0.466 e. The van der Waals surface area contributed by atoms with Gasteiger partial charge in [-0.1, -0.05) is 0 Å². The van der Waals surface area contributed by atoms with Gasteiger partial charge in [-0.3, -0.25) is 10.0 Å². The third-order valence-corrected chi connectivity index (χ3v) is 2.18. The molecule has 0 aliphatic rings. The monoisotopic (exact) mass is 315 g/mol. The molecule has 0 bridgehead atoms. The normalized spacial score (nSPS) is 13.5. The molecule has 1 atom stereocenters. The van der Waals surface area contributed by atoms with E-state index in [9.17, 15) is 28.0 Å². The highest BCUT2D eigenvalue weighted by Gasteiger charge is 2.43. The predicted molar refractivity (Wildman–Crippen MR) is 65.5 cm³/mol. The van der Waals surface area contributed by atoms with Crippen molar-refractivity contribution in [3.8, 4) is 0 Å². The minimum Gasteiger partial charge on any atom is -0.466 e. The summed E-state index contributed by atoms with van der Waals surface area (Å²) in [6, 6.07) is 0. The van der Waals surface area contributed by atoms with Gasteiger partial charge in [0.15, 0.2) is 0 Å². The molecule has 0 radical (unpaired) electrons. The van der Waals surface area contributed by atoms with E-state index in [1.54, 1.807) is 0 Å². The summed E-state index contributed by atoms with van der Waals surface area (Å²) in [6.07, 6.45) is -7.08. The molecule has 0 aromatic heterocycles. The molecule has 0 fully saturated rings. The van der Waals surface area contributed by atoms with Crippen LogP contribution in [-0.4, -0.2) is 47.3 Å². The smallest absolute Gasteiger partial charge is 0.434 e. The van der Waals surface area contributed by atoms with Gasteiger partial charge in [-0.2, -0.15) is 18.2 Å². The van der Waals surface area contributed by atoms with Gasteiger partial charge in [0.1, 0.15) is 5.60 Å². The van der Waals surface area contributed by atoms with Crippen LogP contribution in [0, 0.1) is 5.92 Å². The molecule has 1 N–H and O–H groups in total. The van der Waals surface area contributed by atoms with Crippen LogP contribution in [0.1, 0.15) is 34.1 Å². The number of hydrogen-bond donors (Lipinski definition) is 1. The summed E-state index contributed by atoms with van der Waals surface area (Å²) in [7, 11) is 0. The van der Waals surface area contributed by atoms with Crippen molar-refractivity contribution in [2.45, 2.75) is 45.9 Å². The first kappa shape index (κ1) is 19.5. The zero-order valence-electron chi connectivity index (χ0n) is 12.4. The summed E-state index contributed by atoms with van der Waals surface area (Å²) in [5.74, 6) is -3.30. The van der Waals surface area contributed by atoms with Crippen LogP contribution in [0.4, 0.5) is 18.0 Å². The van der Waals surface area contributed by atoms with E-state index in [1.807, 2.05) is 0 Å². The molecule has 0 heterocycles. The highest BCUT2D eigenvalue weighted by atomic mass is 19.4. The van der Waals surface area contributed by atoms with Gasteiger partial charge in [0.05, 0.1) is 25.5 Å². The molecule has 0 aliphatic heterocycles. The summed E-state index contributed by atoms with van der Waals surface area (Å²) in [5.41, 5.74) is -0.965. The first-order chi connectivity index (χ1) is 9.36. The molecule has 0 spiro atoms. The van der Waals surface area contributed by atoms with Crippen molar-refractivity contribution in [2.24, 2.45) is 5.92 Å². The minimum atomic E-state index is -4.77. The molecule has 21 heavy (non-hydrogen) atoms. The van der Waals surface area contributed by atoms with Crippen LogP contribution in [0.2, 0.25) is 0 Å². The van der Waals surface area contributed by atoms with Gasteiger partial charge in [-0.25, -0.2) is 4.79 Å². The minimum absolute atomic E-state index is 0.0572. The fourth-order valence-electron chi connectivity index (χ4n) is 1.30. The van der Waals surface area contributed by atoms with Crippen molar-refractivity contribution in [3.63, 3.8) is 0 Å². The number of carbonyl (C=O) groups excluding carboxylic acids is 2. The van der Waals surface area contributed by atoms with Crippen molar-refractivity contribution in [2.75, 3.05) is 13.2 Å². The Balaban J connectivity index is 4.75. The van der Waals surface area contributed by atoms with Crippen molar-refractivity contribution < 1.29 is 37.4 Å². The Bertz CT molecular complexity index is 365. The van der Waals surface area contributed by atoms with Gasteiger partial charge >= 0.3 is 18.2 Å². The lowest BCUT2D eigenvalue weighted by molar-refractivity contribution is -0.203. The average Bonchev–Trinajstić information content (AvgIpc) is 2.24. The van der Waals surface area contributed by atoms with E-state index in [4.69, 9.17) is 4.74 Å². The molecule has 6 nitrogen and oxygen atoms in total. The highest BCUT2D eigenvalue weighted by molar-refractivity contribution is 5.70. The second-order valence-corrected chi connectivity index (χ2v) is 5.31. The zero-order chi connectivity index (χ0) is 16.8. The van der Waals surface area contributed by atoms with Gasteiger partial charge in [-0.05, 0) is 27.7 Å². The summed E-state index contributed by atoms with van der Waals surface area (Å²) in [4.78, 5) is 22.5. The van der Waals surface area contributed by atoms with Crippen molar-refractivity contribution in [3.05, 3.63) is 0 Å². The molecule has 9 heteroatoms. The molecule has 0 aromatic rings. The van der Waals surface area contributed by atoms with Crippen molar-refractivity contribution in [1.29, 1.82) is 0 Å². The molecule has 1 amide bonds. The lowest BCUT2D eigenvalue weighted by atomic mass is 10.1. The quantitative estimate of drug-likeness (QED) is 0.479. The Morgan fingerprint density at radius 3 is 2.14 bits per heavy atom. The van der Waals surface area contributed by atoms with Crippen LogP contribution >= 0.6 is 0 Å². The SMILES string of the molecule is CCOC(=O)CC(CN(O)C(=O)OC(C)(C)C)C(F)(F)F. The Kier molecular flexibility index (Phi) is 6.95. The number of rotatable bonds is 5. The maximum atomic E-state index is 12.8. The maximum Gasteiger partial charge on any atom is 0.434 e. The number of hydroxylamine groups is 2. The van der Waals surface area contributed by atoms with E-state index in [0.29, 0.717) is 0 Å². The number of ether oxygens (including phenoxy) is 2. The Hall–Kier alpha value is -1.51. The van der Waals surface area contributed by atoms with Crippen LogP contribution in [0.5, 0.6) is 0 Å². The predicted octanol–water partition coefficient (Wildman–Crippen LogP) is 2.74. The lowest BCUT2D eigenvalue weighted by Crippen LogP contribution is -2.41. The lowest BCUT2D eigenvalue weighted by Gasteiger charge is -2.26. The Morgan fingerprint density at radius 2 is 1.76 bits per heavy atom. The molecule has 124 valence electrons. The number of carbonyl (C=O) groups is 2. The second-order valence-electron chi connectivity index (χ2n) is 5.31. The fraction of sp³-hybridized carbons (Fsp3) is 0.833. The van der Waals surface area contributed by atoms with Gasteiger partial charge in [0.2, 0.25) is 0 Å². The summed E-state index contributed by atoms with van der Waals surface area (Å²) >= 11 is 0. The Morgan fingerprint density at radius 1 is 1.24 bits per heavy atom. The zero-order valence-corrected chi connectivity index (χ0v) is 12.4. The summed E-state index contributed by atoms with van der Waals surface area (Å²) in [6.45, 7) is 4.78. The number of esters is 1. The molecule has 0 aromatic carbocycles. The van der Waals surface area contributed by atoms with E-state index in [0.717, 1.165) is 0 Å². The van der Waals surface area contributed by atoms with Gasteiger partial charge < -0.3 is 9.47 Å². The van der Waals surface area contributed by atoms with Crippen LogP contribution in [0.3, 0.4) is 0 Å². The highest BCUT2D eigenvalue weighted by Crippen LogP contribution is 2.30. The molecule has 1 unspecified atom stereocenters. The second kappa shape index (κ2) is 7.48. The molecule has 0 aliphatic carbocycles. The van der Waals surface area contributed by atoms with Crippen LogP contribution in [0.15, 0.2) is 0 Å². The summed E-state index contributed by atoms with van der Waals surface area (Å²) < 4.78 is 47.5. The number of amides is 1. The number of halogens is 3. The first-order valence-corrected chi connectivity index (χ1v) is 6.28. The third-order valence-electron chi connectivity index (χ3n) is 2.18. The average molecular weight is 315 g/mol. The van der Waals surface area contributed by atoms with Crippen molar-refractivity contribution in [1.82, 2.24) is 5.06 Å². The fourth-order valence-corrected chi connectivity index (χ4v) is 1.30. The van der Waals surface area contributed by atoms with Crippen LogP contribution in [-0.2, 0) is 14.3 Å². The molecule has 0 saturated carbocycles. The van der Waals surface area contributed by atoms with Crippen molar-refractivity contribution >= 4 is 12.1 Å². The third kappa shape index (κ3) is 8.38. The first-order valence-electron chi connectivity index (χ1n) is 6.28. The number of nitrogens with zero attached hydrogens (tertiary/aromatic N) is 1. The molecule has 0 saturated heterocycles. The van der Waals surface area contributed by atoms with E-state index in [2.05, 4.69) is 4.74 Å². The number of hydrogen-bond acceptors (Lipinski definition) is 5. The van der Waals surface area contributed by atoms with E-state index < -0.39 is 42.7 Å².